The van der Waals surface area contributed by atoms with E-state index < -0.39 is 0 Å². The number of aryl methyl sites for hydroxylation is 1. The Balaban J connectivity index is 1.61. The zero-order valence-corrected chi connectivity index (χ0v) is 21.8. The monoisotopic (exact) mass is 491 g/mol. The first-order valence-electron chi connectivity index (χ1n) is 11.9. The smallest absolute Gasteiger partial charge is 0.229 e. The number of hydrogen-bond donors (Lipinski definition) is 3. The molecular weight excluding hydrogens is 458 g/mol. The van der Waals surface area contributed by atoms with Gasteiger partial charge in [-0.05, 0) is 70.9 Å². The van der Waals surface area contributed by atoms with Gasteiger partial charge < -0.3 is 20.7 Å². The first kappa shape index (κ1) is 25.2. The molecule has 0 aromatic carbocycles. The van der Waals surface area contributed by atoms with Gasteiger partial charge in [0.2, 0.25) is 11.8 Å². The number of anilines is 3. The van der Waals surface area contributed by atoms with E-state index >= 15 is 0 Å². The Hall–Kier alpha value is -3.85. The molecule has 0 radical (unpaired) electrons. The lowest BCUT2D eigenvalue weighted by atomic mass is 9.79. The fraction of sp³-hybridized carbons (Fsp3) is 0.542. The van der Waals surface area contributed by atoms with Gasteiger partial charge in [-0.2, -0.15) is 10.2 Å². The Bertz CT molecular complexity index is 1260. The highest BCUT2D eigenvalue weighted by Crippen LogP contribution is 2.32. The molecular formula is C24H33N11O. The SMILES string of the molecule is CC(C)Oc1ncc(Nc2ncc(C#N)c(NC3CC(C)(C)NC(C)(C)C3)n2)cc1-c1nnnn1C. The second-order valence-corrected chi connectivity index (χ2v) is 10.7. The second kappa shape index (κ2) is 9.66. The molecule has 0 spiro atoms. The molecule has 1 fully saturated rings. The van der Waals surface area contributed by atoms with Crippen LogP contribution in [0.5, 0.6) is 5.88 Å². The summed E-state index contributed by atoms with van der Waals surface area (Å²) in [7, 11) is 1.75. The van der Waals surface area contributed by atoms with E-state index in [1.807, 2.05) is 19.9 Å². The van der Waals surface area contributed by atoms with Gasteiger partial charge in [0, 0.05) is 24.2 Å². The van der Waals surface area contributed by atoms with Crippen LogP contribution in [0, 0.1) is 11.3 Å². The van der Waals surface area contributed by atoms with Crippen molar-refractivity contribution < 1.29 is 4.74 Å². The van der Waals surface area contributed by atoms with Crippen molar-refractivity contribution in [3.63, 3.8) is 0 Å². The number of tetrazole rings is 1. The van der Waals surface area contributed by atoms with Crippen molar-refractivity contribution in [1.82, 2.24) is 40.5 Å². The summed E-state index contributed by atoms with van der Waals surface area (Å²) in [6, 6.07) is 4.18. The molecule has 12 nitrogen and oxygen atoms in total. The third-order valence-electron chi connectivity index (χ3n) is 5.76. The van der Waals surface area contributed by atoms with Crippen LogP contribution < -0.4 is 20.7 Å². The van der Waals surface area contributed by atoms with E-state index in [2.05, 4.69) is 80.2 Å². The maximum atomic E-state index is 9.66. The largest absolute Gasteiger partial charge is 0.474 e. The predicted molar refractivity (Wildman–Crippen MR) is 136 cm³/mol. The fourth-order valence-electron chi connectivity index (χ4n) is 4.84. The zero-order valence-electron chi connectivity index (χ0n) is 21.8. The summed E-state index contributed by atoms with van der Waals surface area (Å²) in [6.07, 6.45) is 4.87. The van der Waals surface area contributed by atoms with Crippen LogP contribution in [0.25, 0.3) is 11.4 Å². The summed E-state index contributed by atoms with van der Waals surface area (Å²) in [5.74, 6) is 1.78. The van der Waals surface area contributed by atoms with Crippen molar-refractivity contribution in [2.45, 2.75) is 77.6 Å². The number of piperidine rings is 1. The van der Waals surface area contributed by atoms with Crippen LogP contribution in [0.3, 0.4) is 0 Å². The molecule has 3 aromatic rings. The van der Waals surface area contributed by atoms with Gasteiger partial charge >= 0.3 is 0 Å². The molecule has 36 heavy (non-hydrogen) atoms. The summed E-state index contributed by atoms with van der Waals surface area (Å²) in [5, 5.41) is 31.8. The number of aromatic nitrogens is 7. The maximum Gasteiger partial charge on any atom is 0.229 e. The molecule has 0 bridgehead atoms. The molecule has 0 atom stereocenters. The van der Waals surface area contributed by atoms with E-state index in [-0.39, 0.29) is 23.2 Å². The van der Waals surface area contributed by atoms with Gasteiger partial charge in [0.05, 0.1) is 29.7 Å². The van der Waals surface area contributed by atoms with E-state index in [0.717, 1.165) is 12.8 Å². The van der Waals surface area contributed by atoms with Crippen LogP contribution in [-0.2, 0) is 7.05 Å². The van der Waals surface area contributed by atoms with Crippen LogP contribution in [0.15, 0.2) is 18.5 Å². The standard InChI is InChI=1S/C24H33N11O/c1-14(2)36-21-18(20-31-33-34-35(20)7)8-16(13-26-21)29-22-27-12-15(11-25)19(30-22)28-17-9-23(3,4)32-24(5,6)10-17/h8,12-14,17,32H,9-10H2,1-7H3,(H2,27,28,29,30). The van der Waals surface area contributed by atoms with Crippen molar-refractivity contribution >= 4 is 17.5 Å². The molecule has 1 aliphatic heterocycles. The molecule has 0 amide bonds. The molecule has 0 aliphatic carbocycles. The molecule has 190 valence electrons. The van der Waals surface area contributed by atoms with Gasteiger partial charge in [-0.3, -0.25) is 0 Å². The number of nitrogens with one attached hydrogen (secondary N) is 3. The van der Waals surface area contributed by atoms with Gasteiger partial charge in [0.1, 0.15) is 17.5 Å². The summed E-state index contributed by atoms with van der Waals surface area (Å²) in [6.45, 7) is 12.6. The van der Waals surface area contributed by atoms with Gasteiger partial charge in [-0.15, -0.1) is 5.10 Å². The summed E-state index contributed by atoms with van der Waals surface area (Å²) >= 11 is 0. The summed E-state index contributed by atoms with van der Waals surface area (Å²) in [5.41, 5.74) is 1.56. The molecule has 3 N–H and O–H groups in total. The number of hydrogen-bond acceptors (Lipinski definition) is 11. The second-order valence-electron chi connectivity index (χ2n) is 10.7. The number of pyridine rings is 1. The van der Waals surface area contributed by atoms with Gasteiger partial charge in [0.25, 0.3) is 0 Å². The highest BCUT2D eigenvalue weighted by Gasteiger charge is 2.38. The minimum atomic E-state index is -0.0725. The van der Waals surface area contributed by atoms with Crippen LogP contribution >= 0.6 is 0 Å². The lowest BCUT2D eigenvalue weighted by molar-refractivity contribution is 0.170. The zero-order chi connectivity index (χ0) is 26.1. The number of nitriles is 1. The summed E-state index contributed by atoms with van der Waals surface area (Å²) < 4.78 is 7.42. The molecule has 0 unspecified atom stereocenters. The van der Waals surface area contributed by atoms with Crippen molar-refractivity contribution in [1.29, 1.82) is 5.26 Å². The fourth-order valence-corrected chi connectivity index (χ4v) is 4.84. The molecule has 0 saturated carbocycles. The van der Waals surface area contributed by atoms with E-state index in [4.69, 9.17) is 4.74 Å². The molecule has 4 rings (SSSR count). The maximum absolute atomic E-state index is 9.66. The van der Waals surface area contributed by atoms with E-state index in [9.17, 15) is 5.26 Å². The van der Waals surface area contributed by atoms with Crippen molar-refractivity contribution in [2.75, 3.05) is 10.6 Å². The number of ether oxygens (including phenoxy) is 1. The molecule has 3 aromatic heterocycles. The Morgan fingerprint density at radius 3 is 2.50 bits per heavy atom. The van der Waals surface area contributed by atoms with Gasteiger partial charge in [-0.1, -0.05) is 0 Å². The van der Waals surface area contributed by atoms with Crippen LogP contribution in [-0.4, -0.2) is 58.4 Å². The Kier molecular flexibility index (Phi) is 6.77. The quantitative estimate of drug-likeness (QED) is 0.447. The molecule has 12 heteroatoms. The van der Waals surface area contributed by atoms with Gasteiger partial charge in [-0.25, -0.2) is 14.6 Å². The van der Waals surface area contributed by atoms with Crippen molar-refractivity contribution in [2.24, 2.45) is 7.05 Å². The molecule has 1 aliphatic rings. The van der Waals surface area contributed by atoms with Crippen LogP contribution in [0.4, 0.5) is 17.5 Å². The number of rotatable bonds is 7. The normalized spacial score (nSPS) is 17.0. The third-order valence-corrected chi connectivity index (χ3v) is 5.76. The Labute approximate surface area is 210 Å². The third kappa shape index (κ3) is 5.85. The highest BCUT2D eigenvalue weighted by atomic mass is 16.5. The van der Waals surface area contributed by atoms with Crippen molar-refractivity contribution in [3.05, 3.63) is 24.0 Å². The van der Waals surface area contributed by atoms with Crippen LogP contribution in [0.2, 0.25) is 0 Å². The first-order valence-corrected chi connectivity index (χ1v) is 11.9. The van der Waals surface area contributed by atoms with E-state index in [1.165, 1.54) is 6.20 Å². The molecule has 1 saturated heterocycles. The topological polar surface area (TPSA) is 151 Å². The van der Waals surface area contributed by atoms with Crippen molar-refractivity contribution in [3.8, 4) is 23.3 Å². The predicted octanol–water partition coefficient (Wildman–Crippen LogP) is 3.19. The minimum Gasteiger partial charge on any atom is -0.474 e. The lowest BCUT2D eigenvalue weighted by Gasteiger charge is -2.46. The lowest BCUT2D eigenvalue weighted by Crippen LogP contribution is -2.60. The average molecular weight is 492 g/mol. The van der Waals surface area contributed by atoms with Gasteiger partial charge in [0.15, 0.2) is 5.82 Å². The number of nitrogens with zero attached hydrogens (tertiary/aromatic N) is 8. The first-order chi connectivity index (χ1) is 16.9. The van der Waals surface area contributed by atoms with Crippen LogP contribution in [0.1, 0.15) is 59.9 Å². The van der Waals surface area contributed by atoms with E-state index in [1.54, 1.807) is 17.9 Å². The average Bonchev–Trinajstić information content (AvgIpc) is 3.18. The Morgan fingerprint density at radius 1 is 1.17 bits per heavy atom. The Morgan fingerprint density at radius 2 is 1.89 bits per heavy atom. The summed E-state index contributed by atoms with van der Waals surface area (Å²) in [4.78, 5) is 13.4. The molecule has 4 heterocycles. The minimum absolute atomic E-state index is 0.0447. The van der Waals surface area contributed by atoms with E-state index in [0.29, 0.717) is 40.3 Å². The highest BCUT2D eigenvalue weighted by molar-refractivity contribution is 5.69.